The van der Waals surface area contributed by atoms with Gasteiger partial charge >= 0.3 is 11.9 Å². The Labute approximate surface area is 231 Å². The van der Waals surface area contributed by atoms with E-state index >= 15 is 0 Å². The van der Waals surface area contributed by atoms with Crippen LogP contribution < -0.4 is 15.4 Å². The fraction of sp³-hybridized carbons (Fsp3) is 0.407. The van der Waals surface area contributed by atoms with Crippen LogP contribution in [0.15, 0.2) is 36.4 Å². The molecule has 0 unspecified atom stereocenters. The van der Waals surface area contributed by atoms with Gasteiger partial charge in [-0.25, -0.2) is 19.6 Å². The lowest BCUT2D eigenvalue weighted by Crippen LogP contribution is -2.47. The largest absolute Gasteiger partial charge is 0.482 e. The quantitative estimate of drug-likeness (QED) is 0.0633. The van der Waals surface area contributed by atoms with Crippen LogP contribution in [0.25, 0.3) is 11.3 Å². The zero-order valence-electron chi connectivity index (χ0n) is 22.3. The fourth-order valence-corrected chi connectivity index (χ4v) is 4.10. The summed E-state index contributed by atoms with van der Waals surface area (Å²) in [5.74, 6) is -4.21. The number of ether oxygens (including phenoxy) is 1. The number of hydrogen-bond acceptors (Lipinski definition) is 8. The average molecular weight is 559 g/mol. The van der Waals surface area contributed by atoms with Crippen molar-refractivity contribution in [2.75, 3.05) is 13.3 Å². The van der Waals surface area contributed by atoms with Gasteiger partial charge in [0, 0.05) is 5.56 Å². The van der Waals surface area contributed by atoms with Gasteiger partial charge in [-0.15, -0.1) is 0 Å². The monoisotopic (exact) mass is 558 g/mol. The van der Waals surface area contributed by atoms with Crippen molar-refractivity contribution in [3.63, 3.8) is 0 Å². The molecule has 216 valence electrons. The molecule has 0 radical (unpaired) electrons. The number of aromatic nitrogens is 1. The van der Waals surface area contributed by atoms with Gasteiger partial charge in [0.25, 0.3) is 5.91 Å². The van der Waals surface area contributed by atoms with Gasteiger partial charge in [0.05, 0.1) is 29.9 Å². The fourth-order valence-electron chi connectivity index (χ4n) is 4.10. The van der Waals surface area contributed by atoms with Crippen molar-refractivity contribution in [2.45, 2.75) is 52.0 Å². The Kier molecular flexibility index (Phi) is 12.5. The van der Waals surface area contributed by atoms with Crippen LogP contribution in [-0.2, 0) is 14.4 Å². The first-order valence-electron chi connectivity index (χ1n) is 12.8. The van der Waals surface area contributed by atoms with Gasteiger partial charge in [0.2, 0.25) is 12.3 Å². The van der Waals surface area contributed by atoms with Crippen LogP contribution in [0.2, 0.25) is 0 Å². The maximum atomic E-state index is 12.9. The lowest BCUT2D eigenvalue weighted by Gasteiger charge is -2.29. The molecule has 1 aromatic heterocycles. The molecule has 0 saturated heterocycles. The third kappa shape index (κ3) is 9.34. The van der Waals surface area contributed by atoms with Gasteiger partial charge in [-0.3, -0.25) is 19.6 Å². The lowest BCUT2D eigenvalue weighted by molar-refractivity contribution is -0.168. The Morgan fingerprint density at radius 1 is 1.07 bits per heavy atom. The number of amides is 3. The Hall–Kier alpha value is -4.52. The van der Waals surface area contributed by atoms with E-state index < -0.39 is 42.3 Å². The van der Waals surface area contributed by atoms with Gasteiger partial charge in [0.1, 0.15) is 11.4 Å². The number of carbonyl (C=O) groups excluding carboxylic acids is 3. The number of aromatic carboxylic acids is 1. The molecule has 13 nitrogen and oxygen atoms in total. The molecule has 0 aliphatic heterocycles. The van der Waals surface area contributed by atoms with E-state index in [1.165, 1.54) is 30.3 Å². The summed E-state index contributed by atoms with van der Waals surface area (Å²) >= 11 is 0. The number of nitrogens with zero attached hydrogens (tertiary/aromatic N) is 2. The third-order valence-corrected chi connectivity index (χ3v) is 6.09. The molecule has 40 heavy (non-hydrogen) atoms. The van der Waals surface area contributed by atoms with E-state index in [9.17, 15) is 34.3 Å². The highest BCUT2D eigenvalue weighted by Crippen LogP contribution is 2.26. The van der Waals surface area contributed by atoms with E-state index in [-0.39, 0.29) is 41.3 Å². The number of carboxylic acids is 2. The number of carboxylic acid groups (broad SMARTS) is 2. The summed E-state index contributed by atoms with van der Waals surface area (Å²) < 4.78 is 5.12. The summed E-state index contributed by atoms with van der Waals surface area (Å²) in [7, 11) is 0. The minimum absolute atomic E-state index is 0.00608. The van der Waals surface area contributed by atoms with Gasteiger partial charge in [0.15, 0.2) is 6.61 Å². The summed E-state index contributed by atoms with van der Waals surface area (Å²) in [6.45, 7) is 2.86. The van der Waals surface area contributed by atoms with E-state index in [1.54, 1.807) is 13.0 Å². The second-order valence-electron chi connectivity index (χ2n) is 8.93. The van der Waals surface area contributed by atoms with Crippen molar-refractivity contribution < 1.29 is 44.1 Å². The Morgan fingerprint density at radius 2 is 1.82 bits per heavy atom. The molecule has 0 saturated carbocycles. The number of pyridine rings is 1. The predicted molar refractivity (Wildman–Crippen MR) is 142 cm³/mol. The van der Waals surface area contributed by atoms with Crippen molar-refractivity contribution in [1.82, 2.24) is 20.7 Å². The Morgan fingerprint density at radius 3 is 2.45 bits per heavy atom. The number of hydroxylamine groups is 2. The van der Waals surface area contributed by atoms with Crippen LogP contribution in [0, 0.1) is 5.92 Å². The van der Waals surface area contributed by atoms with Crippen LogP contribution in [0.1, 0.15) is 66.8 Å². The highest BCUT2D eigenvalue weighted by atomic mass is 16.5. The lowest BCUT2D eigenvalue weighted by atomic mass is 9.90. The molecule has 2 atom stereocenters. The molecular weight excluding hydrogens is 524 g/mol. The summed E-state index contributed by atoms with van der Waals surface area (Å²) in [4.78, 5) is 63.4. The average Bonchev–Trinajstić information content (AvgIpc) is 2.95. The summed E-state index contributed by atoms with van der Waals surface area (Å²) in [5.41, 5.74) is 0.340. The van der Waals surface area contributed by atoms with E-state index in [1.807, 2.05) is 6.92 Å². The first-order chi connectivity index (χ1) is 19.1. The van der Waals surface area contributed by atoms with Gasteiger partial charge < -0.3 is 25.6 Å². The minimum atomic E-state index is -1.26. The van der Waals surface area contributed by atoms with Crippen LogP contribution in [-0.4, -0.2) is 74.9 Å². The predicted octanol–water partition coefficient (Wildman–Crippen LogP) is 2.54. The van der Waals surface area contributed by atoms with E-state index in [2.05, 4.69) is 15.6 Å². The molecule has 1 aromatic carbocycles. The van der Waals surface area contributed by atoms with Gasteiger partial charge in [-0.2, -0.15) is 0 Å². The number of rotatable bonds is 17. The topological polar surface area (TPSA) is 195 Å². The van der Waals surface area contributed by atoms with Crippen LogP contribution in [0.3, 0.4) is 0 Å². The van der Waals surface area contributed by atoms with Crippen LogP contribution in [0.5, 0.6) is 5.75 Å². The van der Waals surface area contributed by atoms with Crippen molar-refractivity contribution >= 4 is 30.2 Å². The summed E-state index contributed by atoms with van der Waals surface area (Å²) in [6, 6.07) is 7.69. The molecular formula is C27H34N4O9. The van der Waals surface area contributed by atoms with Crippen molar-refractivity contribution in [3.8, 4) is 17.0 Å². The number of unbranched alkanes of at least 4 members (excludes halogenated alkanes) is 2. The zero-order chi connectivity index (χ0) is 29.7. The third-order valence-electron chi connectivity index (χ3n) is 6.09. The molecule has 2 aromatic rings. The second-order valence-corrected chi connectivity index (χ2v) is 8.93. The minimum Gasteiger partial charge on any atom is -0.482 e. The second kappa shape index (κ2) is 15.8. The molecule has 0 spiro atoms. The molecule has 0 aliphatic rings. The maximum Gasteiger partial charge on any atom is 0.341 e. The number of aliphatic carboxylic acids is 1. The molecule has 2 rings (SSSR count). The van der Waals surface area contributed by atoms with Crippen LogP contribution >= 0.6 is 0 Å². The molecule has 13 heteroatoms. The van der Waals surface area contributed by atoms with E-state index in [0.717, 1.165) is 19.3 Å². The molecule has 5 N–H and O–H groups in total. The summed E-state index contributed by atoms with van der Waals surface area (Å²) in [5, 5.41) is 33.9. The molecule has 0 bridgehead atoms. The standard InChI is InChI=1S/C27H34N4O9/c1-3-5-6-8-20(23(4-2)31(39)16-32)25(35)28-15-29-26(36)22-10-7-9-21(30-22)17-11-18(27(37)38)13-19(12-17)40-14-24(33)34/h7,9-13,16,20,23,39H,3-6,8,14-15H2,1-2H3,(H,28,35)(H,29,36)(H,33,34)(H,37,38)/t20-,23-/m1/s1. The highest BCUT2D eigenvalue weighted by Gasteiger charge is 2.30. The van der Waals surface area contributed by atoms with Gasteiger partial charge in [-0.1, -0.05) is 39.2 Å². The van der Waals surface area contributed by atoms with Gasteiger partial charge in [-0.05, 0) is 43.2 Å². The van der Waals surface area contributed by atoms with Crippen LogP contribution in [0.4, 0.5) is 0 Å². The van der Waals surface area contributed by atoms with E-state index in [0.29, 0.717) is 17.9 Å². The smallest absolute Gasteiger partial charge is 0.341 e. The first-order valence-corrected chi connectivity index (χ1v) is 12.8. The van der Waals surface area contributed by atoms with E-state index in [4.69, 9.17) is 9.84 Å². The van der Waals surface area contributed by atoms with Crippen molar-refractivity contribution in [2.24, 2.45) is 5.92 Å². The zero-order valence-corrected chi connectivity index (χ0v) is 22.3. The molecule has 0 aliphatic carbocycles. The molecule has 3 amide bonds. The number of nitrogens with one attached hydrogen (secondary N) is 2. The number of benzene rings is 1. The van der Waals surface area contributed by atoms with Crippen molar-refractivity contribution in [1.29, 1.82) is 0 Å². The first kappa shape index (κ1) is 31.7. The van der Waals surface area contributed by atoms with Crippen molar-refractivity contribution in [3.05, 3.63) is 47.7 Å². The highest BCUT2D eigenvalue weighted by molar-refractivity contribution is 5.93. The normalized spacial score (nSPS) is 12.1. The SMILES string of the molecule is CCCCC[C@@H](C(=O)NCNC(=O)c1cccc(-c2cc(OCC(=O)O)cc(C(=O)O)c2)n1)[C@@H](CC)N(O)C=O. The Bertz CT molecular complexity index is 1200. The number of hydrogen-bond donors (Lipinski definition) is 5. The summed E-state index contributed by atoms with van der Waals surface area (Å²) in [6.07, 6.45) is 3.62. The molecule has 0 fully saturated rings. The number of carbonyl (C=O) groups is 5. The Balaban J connectivity index is 2.14. The maximum absolute atomic E-state index is 12.9. The molecule has 1 heterocycles.